The molecule has 1 atom stereocenters. The fourth-order valence-electron chi connectivity index (χ4n) is 4.40. The van der Waals surface area contributed by atoms with Crippen LogP contribution in [0.1, 0.15) is 37.8 Å². The molecular weight excluding hydrogens is 420 g/mol. The second-order valence-corrected chi connectivity index (χ2v) is 8.07. The summed E-state index contributed by atoms with van der Waals surface area (Å²) in [5.74, 6) is -1.58. The van der Waals surface area contributed by atoms with Gasteiger partial charge in [-0.3, -0.25) is 14.5 Å². The van der Waals surface area contributed by atoms with Crippen LogP contribution in [0.4, 0.5) is 5.69 Å². The third-order valence-corrected chi connectivity index (χ3v) is 6.27. The number of nitrogens with zero attached hydrogens (tertiary/aromatic N) is 2. The van der Waals surface area contributed by atoms with Gasteiger partial charge in [0.15, 0.2) is 0 Å². The number of hydrogen-bond acceptors (Lipinski definition) is 6. The Hall–Kier alpha value is -3.71. The highest BCUT2D eigenvalue weighted by molar-refractivity contribution is 6.51. The van der Waals surface area contributed by atoms with E-state index in [1.807, 2.05) is 26.0 Å². The maximum atomic E-state index is 13.2. The Balaban J connectivity index is 1.80. The van der Waals surface area contributed by atoms with Crippen LogP contribution in [0.15, 0.2) is 71.0 Å². The van der Waals surface area contributed by atoms with Gasteiger partial charge in [-0.1, -0.05) is 68.2 Å². The van der Waals surface area contributed by atoms with Crippen LogP contribution in [0.3, 0.4) is 0 Å². The standard InChI is InChI=1S/C26H26N2O5/c1-3-17(4-2)23-22(24(30)19-7-5-16(15-29)6-8-19)25(31)26(32)28(23)20-11-9-18(10-12-20)21-13-14-33-27-21/h5-14,17,23,29-30H,3-4,15H2,1-2H3. The van der Waals surface area contributed by atoms with Crippen molar-refractivity contribution in [3.8, 4) is 11.3 Å². The second-order valence-electron chi connectivity index (χ2n) is 8.07. The van der Waals surface area contributed by atoms with E-state index in [0.717, 1.165) is 18.4 Å². The van der Waals surface area contributed by atoms with Crippen LogP contribution in [0, 0.1) is 5.92 Å². The molecule has 1 amide bonds. The van der Waals surface area contributed by atoms with Gasteiger partial charge in [0.25, 0.3) is 11.7 Å². The molecule has 0 radical (unpaired) electrons. The molecule has 7 heteroatoms. The molecule has 0 bridgehead atoms. The zero-order chi connectivity index (χ0) is 23.5. The Morgan fingerprint density at radius 2 is 1.70 bits per heavy atom. The Kier molecular flexibility index (Phi) is 6.42. The number of carbonyl (C=O) groups excluding carboxylic acids is 2. The van der Waals surface area contributed by atoms with Crippen LogP contribution >= 0.6 is 0 Å². The highest BCUT2D eigenvalue weighted by Gasteiger charge is 2.48. The summed E-state index contributed by atoms with van der Waals surface area (Å²) in [6.45, 7) is 3.90. The lowest BCUT2D eigenvalue weighted by Crippen LogP contribution is -2.39. The van der Waals surface area contributed by atoms with Crippen molar-refractivity contribution in [2.24, 2.45) is 5.92 Å². The van der Waals surface area contributed by atoms with Crippen LogP contribution in [0.5, 0.6) is 0 Å². The summed E-state index contributed by atoms with van der Waals surface area (Å²) in [6.07, 6.45) is 2.95. The smallest absolute Gasteiger partial charge is 0.299 e. The van der Waals surface area contributed by atoms with E-state index in [-0.39, 0.29) is 23.9 Å². The summed E-state index contributed by atoms with van der Waals surface area (Å²) in [5.41, 5.74) is 3.32. The Morgan fingerprint density at radius 1 is 1.03 bits per heavy atom. The normalized spacial score (nSPS) is 17.8. The minimum absolute atomic E-state index is 0.0236. The number of ketones is 1. The molecule has 1 aliphatic rings. The first-order chi connectivity index (χ1) is 16.0. The number of amides is 1. The molecule has 2 heterocycles. The van der Waals surface area contributed by atoms with E-state index in [9.17, 15) is 19.8 Å². The zero-order valence-electron chi connectivity index (χ0n) is 18.6. The van der Waals surface area contributed by atoms with Gasteiger partial charge in [0.2, 0.25) is 0 Å². The number of aromatic nitrogens is 1. The zero-order valence-corrected chi connectivity index (χ0v) is 18.6. The topological polar surface area (TPSA) is 104 Å². The number of Topliss-reactive ketones (excluding diaryl/α,β-unsaturated/α-hetero) is 1. The summed E-state index contributed by atoms with van der Waals surface area (Å²) in [7, 11) is 0. The predicted molar refractivity (Wildman–Crippen MR) is 124 cm³/mol. The molecule has 1 unspecified atom stereocenters. The Bertz CT molecular complexity index is 1160. The fourth-order valence-corrected chi connectivity index (χ4v) is 4.40. The van der Waals surface area contributed by atoms with E-state index in [4.69, 9.17) is 4.52 Å². The van der Waals surface area contributed by atoms with Gasteiger partial charge >= 0.3 is 0 Å². The van der Waals surface area contributed by atoms with Crippen molar-refractivity contribution in [1.29, 1.82) is 0 Å². The third-order valence-electron chi connectivity index (χ3n) is 6.27. The molecule has 0 aliphatic carbocycles. The Morgan fingerprint density at radius 3 is 2.24 bits per heavy atom. The van der Waals surface area contributed by atoms with Crippen LogP contribution in [0.2, 0.25) is 0 Å². The van der Waals surface area contributed by atoms with Crippen LogP contribution in [-0.2, 0) is 16.2 Å². The first kappa shape index (κ1) is 22.5. The van der Waals surface area contributed by atoms with Crippen molar-refractivity contribution >= 4 is 23.1 Å². The lowest BCUT2D eigenvalue weighted by Gasteiger charge is -2.31. The van der Waals surface area contributed by atoms with Crippen molar-refractivity contribution in [2.45, 2.75) is 39.3 Å². The number of rotatable bonds is 7. The number of anilines is 1. The molecule has 2 N–H and O–H groups in total. The average Bonchev–Trinajstić information content (AvgIpc) is 3.47. The first-order valence-corrected chi connectivity index (χ1v) is 11.0. The van der Waals surface area contributed by atoms with Gasteiger partial charge in [0, 0.05) is 22.9 Å². The highest BCUT2D eigenvalue weighted by atomic mass is 16.5. The monoisotopic (exact) mass is 446 g/mol. The van der Waals surface area contributed by atoms with E-state index in [2.05, 4.69) is 5.16 Å². The van der Waals surface area contributed by atoms with E-state index in [1.54, 1.807) is 42.5 Å². The molecule has 3 aromatic rings. The van der Waals surface area contributed by atoms with Crippen molar-refractivity contribution in [1.82, 2.24) is 5.16 Å². The summed E-state index contributed by atoms with van der Waals surface area (Å²) >= 11 is 0. The number of aliphatic hydroxyl groups excluding tert-OH is 2. The molecule has 2 aromatic carbocycles. The minimum Gasteiger partial charge on any atom is -0.507 e. The van der Waals surface area contributed by atoms with Crippen molar-refractivity contribution < 1.29 is 24.3 Å². The maximum Gasteiger partial charge on any atom is 0.299 e. The molecule has 1 fully saturated rings. The number of carbonyl (C=O) groups is 2. The molecule has 33 heavy (non-hydrogen) atoms. The molecule has 7 nitrogen and oxygen atoms in total. The summed E-state index contributed by atoms with van der Waals surface area (Å²) in [4.78, 5) is 27.8. The average molecular weight is 447 g/mol. The molecule has 170 valence electrons. The summed E-state index contributed by atoms with van der Waals surface area (Å²) in [6, 6.07) is 15.0. The van der Waals surface area contributed by atoms with E-state index in [0.29, 0.717) is 22.5 Å². The fraction of sp³-hybridized carbons (Fsp3) is 0.269. The SMILES string of the molecule is CCC(CC)C1C(=C(O)c2ccc(CO)cc2)C(=O)C(=O)N1c1ccc(-c2ccon2)cc1. The number of hydrogen-bond donors (Lipinski definition) is 2. The third kappa shape index (κ3) is 4.07. The first-order valence-electron chi connectivity index (χ1n) is 11.0. The molecule has 1 aromatic heterocycles. The van der Waals surface area contributed by atoms with Gasteiger partial charge in [0.05, 0.1) is 18.2 Å². The molecule has 0 saturated carbocycles. The van der Waals surface area contributed by atoms with E-state index in [1.165, 1.54) is 11.2 Å². The molecule has 1 aliphatic heterocycles. The van der Waals surface area contributed by atoms with Gasteiger partial charge in [-0.15, -0.1) is 0 Å². The molecule has 4 rings (SSSR count). The lowest BCUT2D eigenvalue weighted by atomic mass is 9.87. The van der Waals surface area contributed by atoms with Gasteiger partial charge in [0.1, 0.15) is 17.7 Å². The maximum absolute atomic E-state index is 13.2. The van der Waals surface area contributed by atoms with Gasteiger partial charge in [-0.2, -0.15) is 0 Å². The minimum atomic E-state index is -0.698. The van der Waals surface area contributed by atoms with Crippen LogP contribution < -0.4 is 4.90 Å². The van der Waals surface area contributed by atoms with Gasteiger partial charge in [-0.25, -0.2) is 0 Å². The Labute approximate surface area is 192 Å². The molecular formula is C26H26N2O5. The predicted octanol–water partition coefficient (Wildman–Crippen LogP) is 4.52. The quantitative estimate of drug-likeness (QED) is 0.314. The number of benzene rings is 2. The largest absolute Gasteiger partial charge is 0.507 e. The molecule has 0 spiro atoms. The van der Waals surface area contributed by atoms with Crippen molar-refractivity contribution in [3.05, 3.63) is 77.6 Å². The van der Waals surface area contributed by atoms with E-state index >= 15 is 0 Å². The summed E-state index contributed by atoms with van der Waals surface area (Å²) in [5, 5.41) is 24.3. The van der Waals surface area contributed by atoms with Gasteiger partial charge < -0.3 is 14.7 Å². The van der Waals surface area contributed by atoms with Crippen LogP contribution in [0.25, 0.3) is 17.0 Å². The lowest BCUT2D eigenvalue weighted by molar-refractivity contribution is -0.132. The molecule has 1 saturated heterocycles. The van der Waals surface area contributed by atoms with Crippen LogP contribution in [-0.4, -0.2) is 33.1 Å². The second kappa shape index (κ2) is 9.42. The van der Waals surface area contributed by atoms with E-state index < -0.39 is 17.7 Å². The van der Waals surface area contributed by atoms with Crippen molar-refractivity contribution in [2.75, 3.05) is 4.90 Å². The van der Waals surface area contributed by atoms with Gasteiger partial charge in [-0.05, 0) is 23.6 Å². The van der Waals surface area contributed by atoms with Crippen molar-refractivity contribution in [3.63, 3.8) is 0 Å². The number of aliphatic hydroxyl groups is 2. The highest BCUT2D eigenvalue weighted by Crippen LogP contribution is 2.39. The summed E-state index contributed by atoms with van der Waals surface area (Å²) < 4.78 is 4.90.